The number of nitrogens with zero attached hydrogens (tertiary/aromatic N) is 3. The van der Waals surface area contributed by atoms with Gasteiger partial charge in [-0.25, -0.2) is 4.79 Å². The molecule has 0 radical (unpaired) electrons. The van der Waals surface area contributed by atoms with E-state index in [1.807, 2.05) is 87.5 Å². The molecule has 0 bridgehead atoms. The van der Waals surface area contributed by atoms with Gasteiger partial charge in [0, 0.05) is 31.4 Å². The Morgan fingerprint density at radius 1 is 0.973 bits per heavy atom. The van der Waals surface area contributed by atoms with Gasteiger partial charge in [-0.1, -0.05) is 87.5 Å². The summed E-state index contributed by atoms with van der Waals surface area (Å²) in [5, 5.41) is 12.9. The van der Waals surface area contributed by atoms with E-state index in [9.17, 15) is 19.5 Å². The minimum Gasteiger partial charge on any atom is -0.465 e. The molecule has 2 aromatic carbocycles. The van der Waals surface area contributed by atoms with E-state index in [2.05, 4.69) is 10.3 Å². The van der Waals surface area contributed by atoms with Gasteiger partial charge < -0.3 is 15.3 Å². The first kappa shape index (κ1) is 25.9. The molecule has 1 saturated heterocycles. The van der Waals surface area contributed by atoms with Gasteiger partial charge in [0.15, 0.2) is 0 Å². The predicted octanol–water partition coefficient (Wildman–Crippen LogP) is 4.28. The number of pyridine rings is 1. The number of carbonyl (C=O) groups is 3. The van der Waals surface area contributed by atoms with Gasteiger partial charge in [0.1, 0.15) is 11.7 Å². The van der Waals surface area contributed by atoms with Crippen molar-refractivity contribution in [3.8, 4) is 11.1 Å². The van der Waals surface area contributed by atoms with Gasteiger partial charge in [-0.15, -0.1) is 0 Å². The molecule has 0 saturated carbocycles. The van der Waals surface area contributed by atoms with E-state index < -0.39 is 17.6 Å². The maximum Gasteiger partial charge on any atom is 0.408 e. The van der Waals surface area contributed by atoms with E-state index in [0.29, 0.717) is 18.8 Å². The first-order valence-corrected chi connectivity index (χ1v) is 12.3. The van der Waals surface area contributed by atoms with Crippen LogP contribution < -0.4 is 5.32 Å². The molecule has 1 aliphatic heterocycles. The monoisotopic (exact) mass is 500 g/mol. The second-order valence-electron chi connectivity index (χ2n) is 10.4. The Balaban J connectivity index is 1.38. The third-order valence-corrected chi connectivity index (χ3v) is 6.44. The second-order valence-corrected chi connectivity index (χ2v) is 10.4. The van der Waals surface area contributed by atoms with Crippen LogP contribution in [0.5, 0.6) is 0 Å². The fraction of sp³-hybridized carbons (Fsp3) is 0.310. The van der Waals surface area contributed by atoms with Crippen LogP contribution in [0.4, 0.5) is 4.79 Å². The number of amides is 3. The van der Waals surface area contributed by atoms with Crippen LogP contribution >= 0.6 is 0 Å². The smallest absolute Gasteiger partial charge is 0.408 e. The SMILES string of the molecule is CC(C)(C)[C@@H](C(=O)N1CC(NC(=O)c2ccc(-c3ccccc3)cn2)C1)N(Cc1ccccc1)C(=O)O. The number of aromatic nitrogens is 1. The van der Waals surface area contributed by atoms with Crippen molar-refractivity contribution in [3.05, 3.63) is 90.3 Å². The second kappa shape index (κ2) is 10.8. The Hall–Kier alpha value is -4.20. The maximum absolute atomic E-state index is 13.5. The Morgan fingerprint density at radius 2 is 1.59 bits per heavy atom. The van der Waals surface area contributed by atoms with Crippen molar-refractivity contribution in [2.75, 3.05) is 13.1 Å². The van der Waals surface area contributed by atoms with Crippen molar-refractivity contribution >= 4 is 17.9 Å². The van der Waals surface area contributed by atoms with Gasteiger partial charge in [0.25, 0.3) is 5.91 Å². The Morgan fingerprint density at radius 3 is 2.14 bits per heavy atom. The summed E-state index contributed by atoms with van der Waals surface area (Å²) in [6.07, 6.45) is 0.523. The number of carbonyl (C=O) groups excluding carboxylic acids is 2. The molecule has 1 fully saturated rings. The van der Waals surface area contributed by atoms with Crippen molar-refractivity contribution in [1.29, 1.82) is 0 Å². The molecule has 37 heavy (non-hydrogen) atoms. The van der Waals surface area contributed by atoms with Crippen LogP contribution in [0.3, 0.4) is 0 Å². The molecule has 8 nitrogen and oxygen atoms in total. The van der Waals surface area contributed by atoms with Gasteiger partial charge in [-0.05, 0) is 22.6 Å². The molecule has 3 aromatic rings. The average molecular weight is 501 g/mol. The quantitative estimate of drug-likeness (QED) is 0.504. The van der Waals surface area contributed by atoms with Crippen molar-refractivity contribution in [2.24, 2.45) is 5.41 Å². The van der Waals surface area contributed by atoms with E-state index in [1.165, 1.54) is 4.90 Å². The molecule has 2 heterocycles. The number of hydrogen-bond donors (Lipinski definition) is 2. The number of benzene rings is 2. The van der Waals surface area contributed by atoms with E-state index >= 15 is 0 Å². The first-order chi connectivity index (χ1) is 17.6. The molecule has 2 N–H and O–H groups in total. The standard InChI is InChI=1S/C29H32N4O4/c1-29(2,3)25(33(28(36)37)17-20-10-6-4-7-11-20)27(35)32-18-23(19-32)31-26(34)24-15-14-22(16-30-24)21-12-8-5-9-13-21/h4-16,23,25H,17-19H2,1-3H3,(H,31,34)(H,36,37)/t25-/m1/s1. The molecule has 4 rings (SSSR count). The molecule has 1 aromatic heterocycles. The molecular formula is C29H32N4O4. The molecule has 3 amide bonds. The zero-order valence-electron chi connectivity index (χ0n) is 21.3. The zero-order valence-corrected chi connectivity index (χ0v) is 21.3. The van der Waals surface area contributed by atoms with Crippen LogP contribution in [0.25, 0.3) is 11.1 Å². The van der Waals surface area contributed by atoms with Crippen molar-refractivity contribution in [1.82, 2.24) is 20.1 Å². The van der Waals surface area contributed by atoms with Crippen LogP contribution in [0, 0.1) is 5.41 Å². The highest BCUT2D eigenvalue weighted by Crippen LogP contribution is 2.29. The third kappa shape index (κ3) is 6.14. The highest BCUT2D eigenvalue weighted by atomic mass is 16.4. The molecule has 192 valence electrons. The molecule has 0 aliphatic carbocycles. The summed E-state index contributed by atoms with van der Waals surface area (Å²) in [7, 11) is 0. The third-order valence-electron chi connectivity index (χ3n) is 6.44. The summed E-state index contributed by atoms with van der Waals surface area (Å²) < 4.78 is 0. The largest absolute Gasteiger partial charge is 0.465 e. The van der Waals surface area contributed by atoms with E-state index in [1.54, 1.807) is 17.2 Å². The van der Waals surface area contributed by atoms with Crippen LogP contribution in [-0.2, 0) is 11.3 Å². The van der Waals surface area contributed by atoms with Crippen molar-refractivity contribution < 1.29 is 19.5 Å². The lowest BCUT2D eigenvalue weighted by Crippen LogP contribution is -2.66. The summed E-state index contributed by atoms with van der Waals surface area (Å²) in [4.78, 5) is 45.5. The fourth-order valence-corrected chi connectivity index (χ4v) is 4.53. The van der Waals surface area contributed by atoms with Gasteiger partial charge in [0.05, 0.1) is 6.04 Å². The summed E-state index contributed by atoms with van der Waals surface area (Å²) >= 11 is 0. The lowest BCUT2D eigenvalue weighted by Gasteiger charge is -2.46. The Labute approximate surface area is 216 Å². The summed E-state index contributed by atoms with van der Waals surface area (Å²) in [6.45, 7) is 6.33. The lowest BCUT2D eigenvalue weighted by atomic mass is 9.83. The van der Waals surface area contributed by atoms with Crippen LogP contribution in [0.15, 0.2) is 79.0 Å². The van der Waals surface area contributed by atoms with Gasteiger partial charge in [-0.3, -0.25) is 19.5 Å². The number of rotatable bonds is 7. The van der Waals surface area contributed by atoms with Crippen LogP contribution in [-0.4, -0.2) is 63.0 Å². The molecular weight excluding hydrogens is 468 g/mol. The van der Waals surface area contributed by atoms with E-state index in [4.69, 9.17) is 0 Å². The molecule has 0 unspecified atom stereocenters. The topological polar surface area (TPSA) is 103 Å². The van der Waals surface area contributed by atoms with E-state index in [0.717, 1.165) is 16.7 Å². The number of likely N-dealkylation sites (tertiary alicyclic amines) is 1. The Bertz CT molecular complexity index is 1230. The highest BCUT2D eigenvalue weighted by molar-refractivity contribution is 5.93. The van der Waals surface area contributed by atoms with Crippen LogP contribution in [0.2, 0.25) is 0 Å². The normalized spacial score (nSPS) is 14.4. The first-order valence-electron chi connectivity index (χ1n) is 12.3. The molecule has 0 spiro atoms. The fourth-order valence-electron chi connectivity index (χ4n) is 4.53. The Kier molecular flexibility index (Phi) is 7.57. The maximum atomic E-state index is 13.5. The number of nitrogens with one attached hydrogen (secondary N) is 1. The lowest BCUT2D eigenvalue weighted by molar-refractivity contribution is -0.145. The van der Waals surface area contributed by atoms with Gasteiger partial charge >= 0.3 is 6.09 Å². The minimum atomic E-state index is -1.15. The van der Waals surface area contributed by atoms with E-state index in [-0.39, 0.29) is 24.4 Å². The average Bonchev–Trinajstić information content (AvgIpc) is 2.85. The van der Waals surface area contributed by atoms with Gasteiger partial charge in [-0.2, -0.15) is 0 Å². The molecule has 1 aliphatic rings. The number of hydrogen-bond acceptors (Lipinski definition) is 4. The zero-order chi connectivity index (χ0) is 26.6. The predicted molar refractivity (Wildman–Crippen MR) is 141 cm³/mol. The minimum absolute atomic E-state index is 0.114. The summed E-state index contributed by atoms with van der Waals surface area (Å²) in [5.41, 5.74) is 2.43. The summed E-state index contributed by atoms with van der Waals surface area (Å²) in [5.74, 6) is -0.568. The highest BCUT2D eigenvalue weighted by Gasteiger charge is 2.44. The van der Waals surface area contributed by atoms with Gasteiger partial charge in [0.2, 0.25) is 5.91 Å². The summed E-state index contributed by atoms with van der Waals surface area (Å²) in [6, 6.07) is 21.5. The molecule has 1 atom stereocenters. The molecule has 8 heteroatoms. The van der Waals surface area contributed by atoms with Crippen molar-refractivity contribution in [3.63, 3.8) is 0 Å². The number of carboxylic acid groups (broad SMARTS) is 1. The van der Waals surface area contributed by atoms with Crippen molar-refractivity contribution in [2.45, 2.75) is 39.4 Å². The van der Waals surface area contributed by atoms with Crippen LogP contribution in [0.1, 0.15) is 36.8 Å².